The lowest BCUT2D eigenvalue weighted by atomic mass is 10.2. The summed E-state index contributed by atoms with van der Waals surface area (Å²) in [5, 5.41) is 8.96. The molecule has 0 spiro atoms. The van der Waals surface area contributed by atoms with E-state index in [-0.39, 0.29) is 12.3 Å². The summed E-state index contributed by atoms with van der Waals surface area (Å²) < 4.78 is 5.04. The van der Waals surface area contributed by atoms with E-state index in [2.05, 4.69) is 10.6 Å². The van der Waals surface area contributed by atoms with Crippen LogP contribution >= 0.6 is 34.3 Å². The number of rotatable bonds is 6. The normalized spacial score (nSPS) is 10.4. The molecule has 2 aromatic heterocycles. The van der Waals surface area contributed by atoms with Gasteiger partial charge in [0, 0.05) is 21.5 Å². The number of ether oxygens (including phenoxy) is 1. The molecule has 3 rings (SSSR count). The monoisotopic (exact) mass is 434 g/mol. The van der Waals surface area contributed by atoms with Crippen LogP contribution in [0.2, 0.25) is 5.02 Å². The van der Waals surface area contributed by atoms with E-state index in [1.54, 1.807) is 35.7 Å². The van der Waals surface area contributed by atoms with Crippen molar-refractivity contribution in [3.63, 3.8) is 0 Å². The minimum absolute atomic E-state index is 0.0574. The fourth-order valence-electron chi connectivity index (χ4n) is 2.31. The van der Waals surface area contributed by atoms with Gasteiger partial charge in [0.15, 0.2) is 0 Å². The Hall–Kier alpha value is -2.68. The van der Waals surface area contributed by atoms with Crippen molar-refractivity contribution in [2.75, 3.05) is 12.4 Å². The number of benzene rings is 1. The number of carbonyl (C=O) groups excluding carboxylic acids is 3. The molecular formula is C19H15ClN2O4S2. The predicted molar refractivity (Wildman–Crippen MR) is 111 cm³/mol. The Morgan fingerprint density at radius 1 is 1.11 bits per heavy atom. The maximum atomic E-state index is 12.3. The fourth-order valence-corrected chi connectivity index (χ4v) is 4.11. The molecule has 1 aromatic carbocycles. The maximum absolute atomic E-state index is 12.3. The van der Waals surface area contributed by atoms with Crippen molar-refractivity contribution >= 4 is 57.6 Å². The SMILES string of the molecule is COc1ccc(NC(=O)C(=O)NCc2ccc(C(=O)c3ccsc3)s2)cc1Cl. The number of hydrogen-bond donors (Lipinski definition) is 2. The van der Waals surface area contributed by atoms with E-state index in [0.717, 1.165) is 4.88 Å². The summed E-state index contributed by atoms with van der Waals surface area (Å²) in [7, 11) is 1.48. The number of ketones is 1. The molecule has 0 radical (unpaired) electrons. The Kier molecular flexibility index (Phi) is 6.45. The van der Waals surface area contributed by atoms with E-state index >= 15 is 0 Å². The number of halogens is 1. The van der Waals surface area contributed by atoms with Crippen molar-refractivity contribution in [1.82, 2.24) is 5.32 Å². The Morgan fingerprint density at radius 2 is 1.93 bits per heavy atom. The quantitative estimate of drug-likeness (QED) is 0.454. The minimum Gasteiger partial charge on any atom is -0.495 e. The third kappa shape index (κ3) is 4.78. The van der Waals surface area contributed by atoms with Crippen LogP contribution in [0.25, 0.3) is 0 Å². The second kappa shape index (κ2) is 9.01. The summed E-state index contributed by atoms with van der Waals surface area (Å²) in [6.07, 6.45) is 0. The highest BCUT2D eigenvalue weighted by molar-refractivity contribution is 7.14. The third-order valence-corrected chi connectivity index (χ3v) is 5.77. The topological polar surface area (TPSA) is 84.5 Å². The first-order valence-corrected chi connectivity index (χ1v) is 10.2. The highest BCUT2D eigenvalue weighted by Crippen LogP contribution is 2.27. The first-order valence-electron chi connectivity index (χ1n) is 8.06. The lowest BCUT2D eigenvalue weighted by molar-refractivity contribution is -0.136. The molecule has 2 N–H and O–H groups in total. The number of amides is 2. The smallest absolute Gasteiger partial charge is 0.313 e. The van der Waals surface area contributed by atoms with Gasteiger partial charge in [-0.05, 0) is 41.8 Å². The van der Waals surface area contributed by atoms with Gasteiger partial charge in [0.1, 0.15) is 5.75 Å². The van der Waals surface area contributed by atoms with Gasteiger partial charge in [-0.1, -0.05) is 11.6 Å². The summed E-state index contributed by atoms with van der Waals surface area (Å²) in [6, 6.07) is 9.90. The molecule has 0 aliphatic rings. The van der Waals surface area contributed by atoms with Crippen LogP contribution in [-0.2, 0) is 16.1 Å². The van der Waals surface area contributed by atoms with E-state index in [1.807, 2.05) is 5.38 Å². The van der Waals surface area contributed by atoms with E-state index in [1.165, 1.54) is 35.8 Å². The summed E-state index contributed by atoms with van der Waals surface area (Å²) in [5.74, 6) is -1.19. The number of anilines is 1. The summed E-state index contributed by atoms with van der Waals surface area (Å²) in [5.41, 5.74) is 1.02. The highest BCUT2D eigenvalue weighted by Gasteiger charge is 2.16. The van der Waals surface area contributed by atoms with Crippen LogP contribution in [0.4, 0.5) is 5.69 Å². The molecule has 0 fully saturated rings. The van der Waals surface area contributed by atoms with Crippen LogP contribution in [-0.4, -0.2) is 24.7 Å². The second-order valence-corrected chi connectivity index (χ2v) is 7.95. The lowest BCUT2D eigenvalue weighted by Crippen LogP contribution is -2.34. The Bertz CT molecular complexity index is 1010. The molecule has 144 valence electrons. The Balaban J connectivity index is 1.54. The zero-order valence-corrected chi connectivity index (χ0v) is 17.0. The lowest BCUT2D eigenvalue weighted by Gasteiger charge is -2.08. The van der Waals surface area contributed by atoms with Crippen molar-refractivity contribution in [2.24, 2.45) is 0 Å². The molecule has 28 heavy (non-hydrogen) atoms. The van der Waals surface area contributed by atoms with Crippen LogP contribution in [0.3, 0.4) is 0 Å². The van der Waals surface area contributed by atoms with Crippen molar-refractivity contribution in [1.29, 1.82) is 0 Å². The van der Waals surface area contributed by atoms with Gasteiger partial charge in [-0.15, -0.1) is 11.3 Å². The molecule has 0 atom stereocenters. The first-order chi connectivity index (χ1) is 13.5. The number of hydrogen-bond acceptors (Lipinski definition) is 6. The van der Waals surface area contributed by atoms with E-state index in [9.17, 15) is 14.4 Å². The van der Waals surface area contributed by atoms with Crippen LogP contribution in [0.5, 0.6) is 5.75 Å². The van der Waals surface area contributed by atoms with E-state index in [0.29, 0.717) is 26.9 Å². The predicted octanol–water partition coefficient (Wildman–Crippen LogP) is 3.96. The van der Waals surface area contributed by atoms with Gasteiger partial charge in [0.25, 0.3) is 0 Å². The standard InChI is InChI=1S/C19H15ClN2O4S2/c1-26-15-4-2-12(8-14(15)20)22-19(25)18(24)21-9-13-3-5-16(28-13)17(23)11-6-7-27-10-11/h2-8,10H,9H2,1H3,(H,21,24)(H,22,25). The van der Waals surface area contributed by atoms with Crippen molar-refractivity contribution in [3.05, 3.63) is 67.5 Å². The fraction of sp³-hybridized carbons (Fsp3) is 0.105. The molecule has 0 aliphatic heterocycles. The average molecular weight is 435 g/mol. The molecule has 6 nitrogen and oxygen atoms in total. The number of methoxy groups -OCH3 is 1. The van der Waals surface area contributed by atoms with Crippen molar-refractivity contribution in [2.45, 2.75) is 6.54 Å². The van der Waals surface area contributed by atoms with Crippen LogP contribution in [0, 0.1) is 0 Å². The highest BCUT2D eigenvalue weighted by atomic mass is 35.5. The average Bonchev–Trinajstić information content (AvgIpc) is 3.37. The summed E-state index contributed by atoms with van der Waals surface area (Å²) >= 11 is 8.73. The van der Waals surface area contributed by atoms with Gasteiger partial charge in [-0.25, -0.2) is 0 Å². The molecule has 9 heteroatoms. The molecule has 2 amide bonds. The molecule has 0 saturated heterocycles. The summed E-state index contributed by atoms with van der Waals surface area (Å²) in [6.45, 7) is 0.150. The molecule has 3 aromatic rings. The zero-order chi connectivity index (χ0) is 20.1. The van der Waals surface area contributed by atoms with Crippen molar-refractivity contribution in [3.8, 4) is 5.75 Å². The maximum Gasteiger partial charge on any atom is 0.313 e. The third-order valence-electron chi connectivity index (χ3n) is 3.71. The number of thiophene rings is 2. The van der Waals surface area contributed by atoms with Gasteiger partial charge in [0.2, 0.25) is 5.78 Å². The second-order valence-electron chi connectivity index (χ2n) is 5.59. The van der Waals surface area contributed by atoms with Crippen molar-refractivity contribution < 1.29 is 19.1 Å². The van der Waals surface area contributed by atoms with Crippen LogP contribution in [0.1, 0.15) is 20.1 Å². The van der Waals surface area contributed by atoms with E-state index in [4.69, 9.17) is 16.3 Å². The first kappa shape index (κ1) is 20.1. The van der Waals surface area contributed by atoms with Crippen LogP contribution < -0.4 is 15.4 Å². The number of nitrogens with one attached hydrogen (secondary N) is 2. The summed E-state index contributed by atoms with van der Waals surface area (Å²) in [4.78, 5) is 37.7. The van der Waals surface area contributed by atoms with Crippen LogP contribution in [0.15, 0.2) is 47.2 Å². The minimum atomic E-state index is -0.813. The van der Waals surface area contributed by atoms with Gasteiger partial charge in [-0.2, -0.15) is 11.3 Å². The zero-order valence-electron chi connectivity index (χ0n) is 14.7. The number of carbonyl (C=O) groups is 3. The van der Waals surface area contributed by atoms with Gasteiger partial charge in [-0.3, -0.25) is 14.4 Å². The Labute approximate surface area is 174 Å². The molecule has 0 unspecified atom stereocenters. The Morgan fingerprint density at radius 3 is 2.61 bits per heavy atom. The largest absolute Gasteiger partial charge is 0.495 e. The molecule has 0 aliphatic carbocycles. The van der Waals surface area contributed by atoms with Gasteiger partial charge in [0.05, 0.1) is 23.6 Å². The molecule has 0 bridgehead atoms. The van der Waals surface area contributed by atoms with Gasteiger partial charge >= 0.3 is 11.8 Å². The van der Waals surface area contributed by atoms with E-state index < -0.39 is 11.8 Å². The molecule has 0 saturated carbocycles. The van der Waals surface area contributed by atoms with Gasteiger partial charge < -0.3 is 15.4 Å². The molecule has 2 heterocycles. The molecular weight excluding hydrogens is 420 g/mol.